The van der Waals surface area contributed by atoms with Crippen molar-refractivity contribution in [2.45, 2.75) is 136 Å². The molecular formula is C50H78BrClMgO12. The van der Waals surface area contributed by atoms with E-state index in [-0.39, 0.29) is 86.3 Å². The summed E-state index contributed by atoms with van der Waals surface area (Å²) in [4.78, 5) is 22.1. The molecular weight excluding hydrogens is 932 g/mol. The standard InChI is InChI=1S/C15H20O4.C13H16O3.C8H12O3.C7H7O.C4H10O.3CH4.BrH.ClH.Mg/c1-17-13-4-2-3-12(11-13)14(16)5-7-15(8-6-14)18-9-10-19-15;1-16-12-4-2-3-10(9-12)13(15)7-5-11(14)6-8-13;9-7-1-3-8(4-2-7)10-5-6-11-8;1-8-7-5-3-2-4-6-7;1-3-5-4-2;;;;;;/h2-4,11,16H,5-10H2,1H3;2-4,9,15H,5-8H2,1H3;1-6H2;2-3,5-6H,1H3;3-4H2,1-2H3;3*1H4;2*1H;/q;;;-1;;;;;;;+2/p-1. The third-order valence-corrected chi connectivity index (χ3v) is 11.2. The molecule has 2 N–H and O–H groups in total. The van der Waals surface area contributed by atoms with Crippen molar-refractivity contribution in [1.29, 1.82) is 0 Å². The molecule has 3 aromatic carbocycles. The molecule has 2 spiro atoms. The van der Waals surface area contributed by atoms with Gasteiger partial charge in [-0.1, -0.05) is 46.5 Å². The molecule has 0 amide bonds. The first-order valence-corrected chi connectivity index (χ1v) is 20.9. The molecule has 5 fully saturated rings. The summed E-state index contributed by atoms with van der Waals surface area (Å²) in [5, 5.41) is 21.3. The second-order valence-electron chi connectivity index (χ2n) is 15.0. The van der Waals surface area contributed by atoms with E-state index in [0.717, 1.165) is 67.3 Å². The molecule has 0 bridgehead atoms. The Labute approximate surface area is 423 Å². The van der Waals surface area contributed by atoms with Crippen LogP contribution in [0.15, 0.2) is 72.8 Å². The number of ketones is 2. The first kappa shape index (κ1) is 66.9. The summed E-state index contributed by atoms with van der Waals surface area (Å²) < 4.78 is 42.4. The molecule has 0 atom stereocenters. The Morgan fingerprint density at radius 2 is 0.938 bits per heavy atom. The minimum absolute atomic E-state index is 0. The number of hydrogen-bond acceptors (Lipinski definition) is 12. The van der Waals surface area contributed by atoms with E-state index in [9.17, 15) is 19.8 Å². The molecule has 3 saturated carbocycles. The van der Waals surface area contributed by atoms with E-state index in [0.29, 0.717) is 83.6 Å². The summed E-state index contributed by atoms with van der Waals surface area (Å²) in [7, 11) is 4.88. The van der Waals surface area contributed by atoms with E-state index < -0.39 is 17.0 Å². The molecule has 5 aliphatic rings. The zero-order chi connectivity index (χ0) is 42.6. The fourth-order valence-electron chi connectivity index (χ4n) is 7.58. The first-order chi connectivity index (χ1) is 28.5. The summed E-state index contributed by atoms with van der Waals surface area (Å²) in [6.07, 6.45) is 7.50. The van der Waals surface area contributed by atoms with Gasteiger partial charge in [0.05, 0.1) is 59.0 Å². The molecule has 0 aromatic heterocycles. The van der Waals surface area contributed by atoms with Crippen molar-refractivity contribution in [3.63, 3.8) is 0 Å². The number of rotatable bonds is 7. The second kappa shape index (κ2) is 34.0. The number of halogens is 2. The average molecular weight is 1010 g/mol. The van der Waals surface area contributed by atoms with E-state index in [1.54, 1.807) is 27.4 Å². The van der Waals surface area contributed by atoms with Gasteiger partial charge < -0.3 is 65.1 Å². The molecule has 65 heavy (non-hydrogen) atoms. The van der Waals surface area contributed by atoms with Crippen molar-refractivity contribution < 1.29 is 74.7 Å². The molecule has 3 aliphatic carbocycles. The monoisotopic (exact) mass is 1010 g/mol. The second-order valence-corrected chi connectivity index (χ2v) is 15.0. The van der Waals surface area contributed by atoms with Crippen LogP contribution in [0.3, 0.4) is 0 Å². The van der Waals surface area contributed by atoms with Gasteiger partial charge in [-0.15, -0.1) is 24.5 Å². The number of benzene rings is 3. The van der Waals surface area contributed by atoms with Gasteiger partial charge in [-0.25, -0.2) is 0 Å². The third kappa shape index (κ3) is 21.2. The van der Waals surface area contributed by atoms with Gasteiger partial charge in [-0.3, -0.25) is 9.59 Å². The Morgan fingerprint density at radius 3 is 1.28 bits per heavy atom. The molecule has 2 aliphatic heterocycles. The summed E-state index contributed by atoms with van der Waals surface area (Å²) in [5.41, 5.74) is 0.108. The van der Waals surface area contributed by atoms with Crippen LogP contribution in [0.4, 0.5) is 0 Å². The number of hydrogen-bond donors (Lipinski definition) is 2. The van der Waals surface area contributed by atoms with Crippen LogP contribution in [-0.2, 0) is 44.5 Å². The number of aliphatic hydroxyl groups is 2. The Bertz CT molecular complexity index is 1670. The van der Waals surface area contributed by atoms with Crippen molar-refractivity contribution in [3.8, 4) is 17.2 Å². The van der Waals surface area contributed by atoms with Crippen molar-refractivity contribution in [2.75, 3.05) is 61.0 Å². The summed E-state index contributed by atoms with van der Waals surface area (Å²) in [5.74, 6) is 2.15. The van der Waals surface area contributed by atoms with Crippen LogP contribution in [-0.4, -0.2) is 117 Å². The Morgan fingerprint density at radius 1 is 0.569 bits per heavy atom. The Hall–Kier alpha value is -2.34. The fourth-order valence-corrected chi connectivity index (χ4v) is 7.58. The Balaban J connectivity index is -0.000000764. The van der Waals surface area contributed by atoms with E-state index in [2.05, 4.69) is 6.07 Å². The maximum Gasteiger partial charge on any atom is 2.00 e. The first-order valence-electron chi connectivity index (χ1n) is 20.9. The molecule has 2 saturated heterocycles. The van der Waals surface area contributed by atoms with Crippen LogP contribution in [0.2, 0.25) is 0 Å². The summed E-state index contributed by atoms with van der Waals surface area (Å²) in [6.45, 7) is 8.37. The summed E-state index contributed by atoms with van der Waals surface area (Å²) in [6, 6.07) is 25.4. The van der Waals surface area contributed by atoms with Crippen LogP contribution < -0.4 is 31.2 Å². The number of carbonyl (C=O) groups excluding carboxylic acids is 2. The van der Waals surface area contributed by atoms with Gasteiger partial charge in [0.2, 0.25) is 0 Å². The summed E-state index contributed by atoms with van der Waals surface area (Å²) >= 11 is 0. The fraction of sp³-hybridized carbons (Fsp3) is 0.600. The number of carbonyl (C=O) groups is 2. The third-order valence-electron chi connectivity index (χ3n) is 11.2. The average Bonchev–Trinajstić information content (AvgIpc) is 3.96. The van der Waals surface area contributed by atoms with Crippen molar-refractivity contribution in [3.05, 3.63) is 90.0 Å². The van der Waals surface area contributed by atoms with Gasteiger partial charge in [0, 0.05) is 70.3 Å². The van der Waals surface area contributed by atoms with Gasteiger partial charge >= 0.3 is 23.1 Å². The van der Waals surface area contributed by atoms with Gasteiger partial charge in [-0.2, -0.15) is 18.2 Å². The molecule has 15 heteroatoms. The topological polar surface area (TPSA) is 148 Å². The van der Waals surface area contributed by atoms with E-state index in [1.807, 2.05) is 80.6 Å². The largest absolute Gasteiger partial charge is 2.00 e. The minimum Gasteiger partial charge on any atom is -1.00 e. The SMILES string of the molecule is C.C.C.CCOCC.COc1c[c-]ccc1.COc1cccc(C2(O)CCC(=O)CC2)c1.COc1cccc(C2(O)CCC3(CC2)OCCO3)c1.Cl.O=C1CCC2(CC1)OCCO2.[Br-].[Mg+2]. The van der Waals surface area contributed by atoms with E-state index in [4.69, 9.17) is 37.9 Å². The maximum absolute atomic E-state index is 11.2. The van der Waals surface area contributed by atoms with E-state index >= 15 is 0 Å². The quantitative estimate of drug-likeness (QED) is 0.195. The smallest absolute Gasteiger partial charge is 1.00 e. The van der Waals surface area contributed by atoms with Gasteiger partial charge in [0.1, 0.15) is 23.1 Å². The molecule has 2 heterocycles. The van der Waals surface area contributed by atoms with E-state index in [1.165, 1.54) is 0 Å². The predicted octanol–water partition coefficient (Wildman–Crippen LogP) is 6.59. The predicted molar refractivity (Wildman–Crippen MR) is 256 cm³/mol. The molecule has 366 valence electrons. The van der Waals surface area contributed by atoms with Crippen LogP contribution in [0.1, 0.15) is 124 Å². The van der Waals surface area contributed by atoms with Crippen molar-refractivity contribution in [1.82, 2.24) is 0 Å². The number of methoxy groups -OCH3 is 3. The number of ether oxygens (including phenoxy) is 8. The van der Waals surface area contributed by atoms with Gasteiger partial charge in [-0.05, 0) is 74.9 Å². The zero-order valence-corrected chi connectivity index (χ0v) is 40.9. The van der Waals surface area contributed by atoms with Crippen molar-refractivity contribution >= 4 is 47.0 Å². The number of Topliss-reactive ketones (excluding diaryl/α,β-unsaturated/α-hetero) is 2. The molecule has 0 unspecified atom stereocenters. The maximum atomic E-state index is 11.2. The van der Waals surface area contributed by atoms with Gasteiger partial charge in [0.15, 0.2) is 11.6 Å². The molecule has 8 rings (SSSR count). The molecule has 0 radical (unpaired) electrons. The molecule has 12 nitrogen and oxygen atoms in total. The van der Waals surface area contributed by atoms with Crippen LogP contribution in [0, 0.1) is 6.07 Å². The van der Waals surface area contributed by atoms with Crippen LogP contribution >= 0.6 is 12.4 Å². The van der Waals surface area contributed by atoms with Crippen LogP contribution in [0.5, 0.6) is 17.2 Å². The zero-order valence-electron chi connectivity index (χ0n) is 37.1. The minimum atomic E-state index is -0.859. The van der Waals surface area contributed by atoms with Gasteiger partial charge in [0.25, 0.3) is 0 Å². The van der Waals surface area contributed by atoms with Crippen molar-refractivity contribution in [2.24, 2.45) is 0 Å². The Kier molecular flexibility index (Phi) is 35.0. The van der Waals surface area contributed by atoms with Crippen LogP contribution in [0.25, 0.3) is 0 Å². The normalized spacial score (nSPS) is 18.7. The molecule has 3 aromatic rings.